The molecule has 2 rings (SSSR count). The van der Waals surface area contributed by atoms with Crippen LogP contribution in [0, 0.1) is 3.57 Å². The Morgan fingerprint density at radius 2 is 2.24 bits per heavy atom. The summed E-state index contributed by atoms with van der Waals surface area (Å²) in [6, 6.07) is -0.250. The van der Waals surface area contributed by atoms with Gasteiger partial charge < -0.3 is 20.1 Å². The summed E-state index contributed by atoms with van der Waals surface area (Å²) in [6.07, 6.45) is 2.40. The van der Waals surface area contributed by atoms with Crippen LogP contribution in [0.5, 0.6) is 0 Å². The van der Waals surface area contributed by atoms with Crippen LogP contribution in [0.15, 0.2) is 12.5 Å². The average molecular weight is 348 g/mol. The summed E-state index contributed by atoms with van der Waals surface area (Å²) in [5.74, 6) is 0.442. The van der Waals surface area contributed by atoms with Crippen molar-refractivity contribution in [2.45, 2.75) is 19.3 Å². The predicted octanol–water partition coefficient (Wildman–Crippen LogP) is 1.14. The predicted molar refractivity (Wildman–Crippen MR) is 72.4 cm³/mol. The van der Waals surface area contributed by atoms with Crippen LogP contribution >= 0.6 is 22.6 Å². The Morgan fingerprint density at radius 1 is 1.53 bits per heavy atom. The number of aliphatic hydroxyl groups excluding tert-OH is 1. The van der Waals surface area contributed by atoms with Crippen molar-refractivity contribution in [1.29, 1.82) is 0 Å². The molecule has 0 saturated heterocycles. The van der Waals surface area contributed by atoms with E-state index < -0.39 is 6.29 Å². The number of nitrogens with zero attached hydrogens (tertiary/aromatic N) is 3. The Balaban J connectivity index is 2.60. The monoisotopic (exact) mass is 348 g/mol. The number of hydrogen-bond acceptors (Lipinski definition) is 5. The van der Waals surface area contributed by atoms with Crippen LogP contribution in [0.2, 0.25) is 0 Å². The molecule has 2 atom stereocenters. The molecule has 92 valence electrons. The van der Waals surface area contributed by atoms with E-state index >= 15 is 0 Å². The van der Waals surface area contributed by atoms with Gasteiger partial charge in [0.15, 0.2) is 6.29 Å². The van der Waals surface area contributed by atoms with Crippen molar-refractivity contribution in [3.05, 3.63) is 16.1 Å². The van der Waals surface area contributed by atoms with Gasteiger partial charge in [-0.3, -0.25) is 0 Å². The highest BCUT2D eigenvalue weighted by molar-refractivity contribution is 14.1. The van der Waals surface area contributed by atoms with Gasteiger partial charge in [0.25, 0.3) is 0 Å². The van der Waals surface area contributed by atoms with E-state index in [4.69, 9.17) is 10.5 Å². The van der Waals surface area contributed by atoms with Crippen molar-refractivity contribution in [2.24, 2.45) is 0 Å². The van der Waals surface area contributed by atoms with E-state index in [1.807, 2.05) is 17.7 Å². The van der Waals surface area contributed by atoms with E-state index in [0.29, 0.717) is 11.5 Å². The van der Waals surface area contributed by atoms with Gasteiger partial charge in [0, 0.05) is 16.9 Å². The molecular weight excluding hydrogens is 335 g/mol. The van der Waals surface area contributed by atoms with Crippen LogP contribution in [0.3, 0.4) is 0 Å². The fourth-order valence-corrected chi connectivity index (χ4v) is 2.52. The third-order valence-corrected chi connectivity index (χ3v) is 3.50. The molecule has 0 aliphatic rings. The lowest BCUT2D eigenvalue weighted by atomic mass is 10.3. The van der Waals surface area contributed by atoms with Crippen LogP contribution in [-0.4, -0.2) is 33.0 Å². The topological polar surface area (TPSA) is 86.2 Å². The Labute approximate surface area is 112 Å². The number of aliphatic hydroxyl groups is 1. The number of aromatic nitrogens is 3. The largest absolute Gasteiger partial charge is 0.383 e. The quantitative estimate of drug-likeness (QED) is 0.642. The third-order valence-electron chi connectivity index (χ3n) is 2.69. The van der Waals surface area contributed by atoms with Crippen LogP contribution in [0.4, 0.5) is 5.82 Å². The minimum atomic E-state index is -0.891. The van der Waals surface area contributed by atoms with E-state index in [9.17, 15) is 5.11 Å². The van der Waals surface area contributed by atoms with E-state index in [2.05, 4.69) is 32.6 Å². The van der Waals surface area contributed by atoms with Crippen LogP contribution in [-0.2, 0) is 4.74 Å². The van der Waals surface area contributed by atoms with Gasteiger partial charge >= 0.3 is 0 Å². The molecule has 17 heavy (non-hydrogen) atoms. The first-order valence-electron chi connectivity index (χ1n) is 5.03. The molecule has 0 bridgehead atoms. The molecular formula is C10H13IN4O2. The molecule has 0 amide bonds. The molecule has 7 heteroatoms. The van der Waals surface area contributed by atoms with Gasteiger partial charge in [0.1, 0.15) is 17.8 Å². The molecule has 2 unspecified atom stereocenters. The van der Waals surface area contributed by atoms with Crippen molar-refractivity contribution in [1.82, 2.24) is 14.5 Å². The highest BCUT2D eigenvalue weighted by Crippen LogP contribution is 2.28. The molecule has 0 aliphatic heterocycles. The molecule has 0 aliphatic carbocycles. The minimum Gasteiger partial charge on any atom is -0.383 e. The zero-order chi connectivity index (χ0) is 12.6. The van der Waals surface area contributed by atoms with Gasteiger partial charge in [-0.15, -0.1) is 0 Å². The number of rotatable bonds is 3. The second kappa shape index (κ2) is 4.75. The molecule has 2 aromatic heterocycles. The maximum absolute atomic E-state index is 9.70. The van der Waals surface area contributed by atoms with E-state index in [1.165, 1.54) is 13.4 Å². The second-order valence-electron chi connectivity index (χ2n) is 3.71. The molecule has 0 fully saturated rings. The lowest BCUT2D eigenvalue weighted by Crippen LogP contribution is -2.22. The molecule has 0 spiro atoms. The Hall–Kier alpha value is -0.930. The van der Waals surface area contributed by atoms with Crippen molar-refractivity contribution in [3.8, 4) is 0 Å². The lowest BCUT2D eigenvalue weighted by Gasteiger charge is -2.19. The van der Waals surface area contributed by atoms with E-state index in [1.54, 1.807) is 0 Å². The fraction of sp³-hybridized carbons (Fsp3) is 0.400. The number of halogens is 1. The summed E-state index contributed by atoms with van der Waals surface area (Å²) in [6.45, 7) is 1.85. The third kappa shape index (κ3) is 2.09. The van der Waals surface area contributed by atoms with Gasteiger partial charge in [-0.25, -0.2) is 9.97 Å². The molecule has 0 aromatic carbocycles. The van der Waals surface area contributed by atoms with Crippen LogP contribution in [0.25, 0.3) is 11.0 Å². The maximum Gasteiger partial charge on any atom is 0.174 e. The number of nitrogen functional groups attached to an aromatic ring is 1. The number of anilines is 1. The number of ether oxygens (including phenoxy) is 1. The summed E-state index contributed by atoms with van der Waals surface area (Å²) in [7, 11) is 1.46. The molecule has 0 saturated carbocycles. The minimum absolute atomic E-state index is 0.250. The standard InChI is InChI=1S/C10H13IN4O2/c1-5(10(16)17-2)15-3-6(11)7-8(12)13-4-14-9(7)15/h3-5,10,16H,1-2H3,(H2,12,13,14). The first-order chi connectivity index (χ1) is 8.06. The highest BCUT2D eigenvalue weighted by atomic mass is 127. The SMILES string of the molecule is COC(O)C(C)n1cc(I)c2c(N)ncnc21. The first kappa shape index (κ1) is 12.5. The van der Waals surface area contributed by atoms with Crippen molar-refractivity contribution >= 4 is 39.4 Å². The summed E-state index contributed by atoms with van der Waals surface area (Å²) in [5.41, 5.74) is 6.52. The number of hydrogen-bond donors (Lipinski definition) is 2. The van der Waals surface area contributed by atoms with Gasteiger partial charge in [-0.05, 0) is 29.5 Å². The molecule has 0 radical (unpaired) electrons. The first-order valence-corrected chi connectivity index (χ1v) is 6.11. The molecule has 3 N–H and O–H groups in total. The Kier molecular flexibility index (Phi) is 3.50. The second-order valence-corrected chi connectivity index (χ2v) is 4.87. The van der Waals surface area contributed by atoms with Crippen LogP contribution in [0.1, 0.15) is 13.0 Å². The normalized spacial score (nSPS) is 15.1. The Bertz CT molecular complexity index is 542. The highest BCUT2D eigenvalue weighted by Gasteiger charge is 2.20. The van der Waals surface area contributed by atoms with Gasteiger partial charge in [0.05, 0.1) is 11.4 Å². The lowest BCUT2D eigenvalue weighted by molar-refractivity contribution is -0.102. The van der Waals surface area contributed by atoms with Crippen LogP contribution < -0.4 is 5.73 Å². The average Bonchev–Trinajstić information content (AvgIpc) is 2.66. The van der Waals surface area contributed by atoms with E-state index in [0.717, 1.165) is 8.96 Å². The van der Waals surface area contributed by atoms with Gasteiger partial charge in [-0.2, -0.15) is 0 Å². The van der Waals surface area contributed by atoms with Crippen molar-refractivity contribution in [3.63, 3.8) is 0 Å². The molecule has 6 nitrogen and oxygen atoms in total. The van der Waals surface area contributed by atoms with Crippen molar-refractivity contribution < 1.29 is 9.84 Å². The number of methoxy groups -OCH3 is 1. The zero-order valence-corrected chi connectivity index (χ0v) is 11.6. The Morgan fingerprint density at radius 3 is 2.88 bits per heavy atom. The summed E-state index contributed by atoms with van der Waals surface area (Å²) < 4.78 is 7.70. The van der Waals surface area contributed by atoms with Gasteiger partial charge in [-0.1, -0.05) is 0 Å². The summed E-state index contributed by atoms with van der Waals surface area (Å²) >= 11 is 2.17. The smallest absolute Gasteiger partial charge is 0.174 e. The number of nitrogens with two attached hydrogens (primary N) is 1. The fourth-order valence-electron chi connectivity index (χ4n) is 1.71. The summed E-state index contributed by atoms with van der Waals surface area (Å²) in [5, 5.41) is 10.5. The summed E-state index contributed by atoms with van der Waals surface area (Å²) in [4.78, 5) is 8.16. The molecule has 2 aromatic rings. The van der Waals surface area contributed by atoms with Crippen molar-refractivity contribution in [2.75, 3.05) is 12.8 Å². The zero-order valence-electron chi connectivity index (χ0n) is 9.46. The number of fused-ring (bicyclic) bond motifs is 1. The maximum atomic E-state index is 9.70. The molecule has 2 heterocycles. The van der Waals surface area contributed by atoms with Gasteiger partial charge in [0.2, 0.25) is 0 Å². The van der Waals surface area contributed by atoms with E-state index in [-0.39, 0.29) is 6.04 Å².